The third-order valence-electron chi connectivity index (χ3n) is 4.95. The van der Waals surface area contributed by atoms with E-state index in [2.05, 4.69) is 25.6 Å². The lowest BCUT2D eigenvalue weighted by atomic mass is 10.2. The van der Waals surface area contributed by atoms with Crippen molar-refractivity contribution < 1.29 is 9.47 Å². The van der Waals surface area contributed by atoms with Gasteiger partial charge in [0.15, 0.2) is 11.5 Å². The SMILES string of the molecule is COc1ccc(-c2nc(CCNc3cc(N4CCCC4)ncn3)cs2)cc1OC. The number of nitrogens with one attached hydrogen (secondary N) is 1. The van der Waals surface area contributed by atoms with E-state index in [0.29, 0.717) is 5.75 Å². The molecule has 2 aromatic heterocycles. The molecule has 0 atom stereocenters. The lowest BCUT2D eigenvalue weighted by Gasteiger charge is -2.16. The Hall–Kier alpha value is -2.87. The van der Waals surface area contributed by atoms with Gasteiger partial charge in [-0.05, 0) is 31.0 Å². The van der Waals surface area contributed by atoms with Crippen molar-refractivity contribution in [1.82, 2.24) is 15.0 Å². The molecule has 0 saturated carbocycles. The van der Waals surface area contributed by atoms with Crippen LogP contribution in [0.1, 0.15) is 18.5 Å². The fraction of sp³-hybridized carbons (Fsp3) is 0.381. The summed E-state index contributed by atoms with van der Waals surface area (Å²) < 4.78 is 10.7. The van der Waals surface area contributed by atoms with E-state index in [1.165, 1.54) is 12.8 Å². The summed E-state index contributed by atoms with van der Waals surface area (Å²) in [6.07, 6.45) is 4.93. The van der Waals surface area contributed by atoms with Gasteiger partial charge in [0.25, 0.3) is 0 Å². The number of ether oxygens (including phenoxy) is 2. The van der Waals surface area contributed by atoms with Crippen LogP contribution in [0.3, 0.4) is 0 Å². The summed E-state index contributed by atoms with van der Waals surface area (Å²) in [4.78, 5) is 15.8. The average Bonchev–Trinajstić information content (AvgIpc) is 3.46. The minimum Gasteiger partial charge on any atom is -0.493 e. The van der Waals surface area contributed by atoms with Gasteiger partial charge in [0, 0.05) is 43.1 Å². The van der Waals surface area contributed by atoms with E-state index in [1.807, 2.05) is 24.3 Å². The Kier molecular flexibility index (Phi) is 6.09. The molecule has 0 aliphatic carbocycles. The van der Waals surface area contributed by atoms with Crippen LogP contribution in [0.4, 0.5) is 11.6 Å². The fourth-order valence-corrected chi connectivity index (χ4v) is 4.26. The standard InChI is InChI=1S/C21H25N5O2S/c1-27-17-6-5-15(11-18(17)28-2)21-25-16(13-29-21)7-8-22-19-12-20(24-14-23-19)26-9-3-4-10-26/h5-6,11-14H,3-4,7-10H2,1-2H3,(H,22,23,24). The maximum Gasteiger partial charge on any atom is 0.161 e. The second-order valence-electron chi connectivity index (χ2n) is 6.85. The zero-order chi connectivity index (χ0) is 20.1. The van der Waals surface area contributed by atoms with Crippen molar-refractivity contribution in [1.29, 1.82) is 0 Å². The number of benzene rings is 1. The van der Waals surface area contributed by atoms with E-state index in [-0.39, 0.29) is 0 Å². The van der Waals surface area contributed by atoms with Gasteiger partial charge in [0.2, 0.25) is 0 Å². The predicted octanol–water partition coefficient (Wildman–Crippen LogP) is 3.87. The second kappa shape index (κ2) is 9.09. The quantitative estimate of drug-likeness (QED) is 0.603. The smallest absolute Gasteiger partial charge is 0.161 e. The molecule has 152 valence electrons. The largest absolute Gasteiger partial charge is 0.493 e. The molecule has 0 bridgehead atoms. The van der Waals surface area contributed by atoms with Crippen LogP contribution in [0.15, 0.2) is 36.0 Å². The van der Waals surface area contributed by atoms with Crippen LogP contribution < -0.4 is 19.7 Å². The van der Waals surface area contributed by atoms with Gasteiger partial charge < -0.3 is 19.7 Å². The summed E-state index contributed by atoms with van der Waals surface area (Å²) in [5, 5.41) is 6.46. The van der Waals surface area contributed by atoms with E-state index >= 15 is 0 Å². The van der Waals surface area contributed by atoms with E-state index in [4.69, 9.17) is 14.5 Å². The Labute approximate surface area is 174 Å². The minimum atomic E-state index is 0.709. The molecule has 0 amide bonds. The van der Waals surface area contributed by atoms with Crippen molar-refractivity contribution in [3.05, 3.63) is 41.7 Å². The van der Waals surface area contributed by atoms with Gasteiger partial charge in [-0.2, -0.15) is 0 Å². The summed E-state index contributed by atoms with van der Waals surface area (Å²) in [5.74, 6) is 3.29. The molecule has 29 heavy (non-hydrogen) atoms. The van der Waals surface area contributed by atoms with Crippen LogP contribution in [0, 0.1) is 0 Å². The fourth-order valence-electron chi connectivity index (χ4n) is 3.41. The minimum absolute atomic E-state index is 0.709. The molecule has 0 radical (unpaired) electrons. The van der Waals surface area contributed by atoms with Gasteiger partial charge >= 0.3 is 0 Å². The molecule has 1 aliphatic heterocycles. The van der Waals surface area contributed by atoms with Gasteiger partial charge in [-0.15, -0.1) is 11.3 Å². The number of hydrogen-bond donors (Lipinski definition) is 1. The van der Waals surface area contributed by atoms with Crippen LogP contribution in [0.5, 0.6) is 11.5 Å². The van der Waals surface area contributed by atoms with Gasteiger partial charge in [-0.1, -0.05) is 0 Å². The maximum atomic E-state index is 5.39. The Bertz CT molecular complexity index is 956. The first kappa shape index (κ1) is 19.4. The highest BCUT2D eigenvalue weighted by Gasteiger charge is 2.14. The Balaban J connectivity index is 1.36. The Morgan fingerprint density at radius 1 is 1.07 bits per heavy atom. The highest BCUT2D eigenvalue weighted by atomic mass is 32.1. The number of hydrogen-bond acceptors (Lipinski definition) is 8. The van der Waals surface area contributed by atoms with Crippen molar-refractivity contribution in [2.75, 3.05) is 44.1 Å². The molecule has 7 nitrogen and oxygen atoms in total. The van der Waals surface area contributed by atoms with E-state index in [1.54, 1.807) is 31.9 Å². The van der Waals surface area contributed by atoms with Gasteiger partial charge in [-0.3, -0.25) is 0 Å². The summed E-state index contributed by atoms with van der Waals surface area (Å²) >= 11 is 1.63. The maximum absolute atomic E-state index is 5.39. The van der Waals surface area contributed by atoms with E-state index in [0.717, 1.165) is 59.7 Å². The topological polar surface area (TPSA) is 72.4 Å². The van der Waals surface area contributed by atoms with Gasteiger partial charge in [-0.25, -0.2) is 15.0 Å². The van der Waals surface area contributed by atoms with Gasteiger partial charge in [0.1, 0.15) is 23.0 Å². The predicted molar refractivity (Wildman–Crippen MR) is 116 cm³/mol. The molecule has 4 rings (SSSR count). The highest BCUT2D eigenvalue weighted by molar-refractivity contribution is 7.13. The number of methoxy groups -OCH3 is 2. The molecule has 1 aliphatic rings. The van der Waals surface area contributed by atoms with Crippen LogP contribution in [0.2, 0.25) is 0 Å². The van der Waals surface area contributed by atoms with Crippen molar-refractivity contribution in [3.63, 3.8) is 0 Å². The van der Waals surface area contributed by atoms with Crippen molar-refractivity contribution >= 4 is 23.0 Å². The third kappa shape index (κ3) is 4.59. The Morgan fingerprint density at radius 2 is 1.90 bits per heavy atom. The average molecular weight is 412 g/mol. The molecular weight excluding hydrogens is 386 g/mol. The number of nitrogens with zero attached hydrogens (tertiary/aromatic N) is 4. The van der Waals surface area contributed by atoms with Gasteiger partial charge in [0.05, 0.1) is 19.9 Å². The highest BCUT2D eigenvalue weighted by Crippen LogP contribution is 2.33. The number of rotatable bonds is 8. The lowest BCUT2D eigenvalue weighted by molar-refractivity contribution is 0.355. The number of anilines is 2. The number of thiazole rings is 1. The second-order valence-corrected chi connectivity index (χ2v) is 7.70. The molecule has 8 heteroatoms. The monoisotopic (exact) mass is 411 g/mol. The first-order valence-electron chi connectivity index (χ1n) is 9.74. The van der Waals surface area contributed by atoms with E-state index < -0.39 is 0 Å². The van der Waals surface area contributed by atoms with Crippen LogP contribution in [0.25, 0.3) is 10.6 Å². The molecule has 1 N–H and O–H groups in total. The molecule has 1 fully saturated rings. The molecule has 1 saturated heterocycles. The zero-order valence-corrected chi connectivity index (χ0v) is 17.5. The normalized spacial score (nSPS) is 13.5. The lowest BCUT2D eigenvalue weighted by Crippen LogP contribution is -2.19. The van der Waals surface area contributed by atoms with Crippen LogP contribution in [-0.4, -0.2) is 48.8 Å². The summed E-state index contributed by atoms with van der Waals surface area (Å²) in [6.45, 7) is 2.92. The molecule has 3 aromatic rings. The van der Waals surface area contributed by atoms with Crippen molar-refractivity contribution in [2.24, 2.45) is 0 Å². The summed E-state index contributed by atoms with van der Waals surface area (Å²) in [5.41, 5.74) is 2.08. The first-order valence-corrected chi connectivity index (χ1v) is 10.6. The number of aromatic nitrogens is 3. The summed E-state index contributed by atoms with van der Waals surface area (Å²) in [6, 6.07) is 7.90. The van der Waals surface area contributed by atoms with Crippen LogP contribution in [-0.2, 0) is 6.42 Å². The molecule has 0 spiro atoms. The third-order valence-corrected chi connectivity index (χ3v) is 5.89. The van der Waals surface area contributed by atoms with Crippen LogP contribution >= 0.6 is 11.3 Å². The molecule has 1 aromatic carbocycles. The van der Waals surface area contributed by atoms with E-state index in [9.17, 15) is 0 Å². The molecule has 3 heterocycles. The summed E-state index contributed by atoms with van der Waals surface area (Å²) in [7, 11) is 3.28. The zero-order valence-electron chi connectivity index (χ0n) is 16.7. The molecule has 0 unspecified atom stereocenters. The Morgan fingerprint density at radius 3 is 2.69 bits per heavy atom. The van der Waals surface area contributed by atoms with Crippen molar-refractivity contribution in [3.8, 4) is 22.1 Å². The van der Waals surface area contributed by atoms with Crippen molar-refractivity contribution in [2.45, 2.75) is 19.3 Å². The first-order chi connectivity index (χ1) is 14.3. The molecular formula is C21H25N5O2S.